The second-order valence-corrected chi connectivity index (χ2v) is 9.44. The number of hydrogen-bond donors (Lipinski definition) is 2. The molecule has 28 heavy (non-hydrogen) atoms. The van der Waals surface area contributed by atoms with Gasteiger partial charge >= 0.3 is 12.0 Å². The van der Waals surface area contributed by atoms with Crippen LogP contribution in [0, 0.1) is 23.2 Å². The molecule has 154 valence electrons. The first kappa shape index (κ1) is 19.5. The van der Waals surface area contributed by atoms with Crippen LogP contribution in [0.1, 0.15) is 70.6 Å². The van der Waals surface area contributed by atoms with E-state index in [0.717, 1.165) is 38.5 Å². The van der Waals surface area contributed by atoms with Crippen molar-refractivity contribution in [2.45, 2.75) is 70.6 Å². The maximum atomic E-state index is 12.7. The topological polar surface area (TPSA) is 84.5 Å². The van der Waals surface area contributed by atoms with Crippen LogP contribution in [0.3, 0.4) is 0 Å². The quantitative estimate of drug-likeness (QED) is 0.539. The Balaban J connectivity index is 1.17. The molecule has 0 aliphatic heterocycles. The highest BCUT2D eigenvalue weighted by Crippen LogP contribution is 2.60. The number of carbonyl (C=O) groups excluding carboxylic acids is 3. The van der Waals surface area contributed by atoms with E-state index in [1.165, 1.54) is 37.7 Å². The van der Waals surface area contributed by atoms with Gasteiger partial charge in [-0.3, -0.25) is 14.9 Å². The van der Waals surface area contributed by atoms with Gasteiger partial charge in [0.05, 0.1) is 5.41 Å². The summed E-state index contributed by atoms with van der Waals surface area (Å²) in [4.78, 5) is 36.6. The van der Waals surface area contributed by atoms with Crippen molar-refractivity contribution >= 4 is 17.9 Å². The van der Waals surface area contributed by atoms with Crippen LogP contribution in [0.15, 0.2) is 11.6 Å². The van der Waals surface area contributed by atoms with Gasteiger partial charge in [-0.1, -0.05) is 11.6 Å². The number of amides is 3. The first-order valence-corrected chi connectivity index (χ1v) is 11.0. The highest BCUT2D eigenvalue weighted by molar-refractivity contribution is 5.95. The lowest BCUT2D eigenvalue weighted by molar-refractivity contribution is -0.173. The van der Waals surface area contributed by atoms with Gasteiger partial charge in [0.2, 0.25) is 0 Å². The highest BCUT2D eigenvalue weighted by atomic mass is 16.5. The van der Waals surface area contributed by atoms with Crippen molar-refractivity contribution < 1.29 is 19.1 Å². The molecule has 5 aliphatic rings. The van der Waals surface area contributed by atoms with Crippen molar-refractivity contribution in [1.82, 2.24) is 10.6 Å². The van der Waals surface area contributed by atoms with Crippen LogP contribution in [-0.4, -0.2) is 31.1 Å². The predicted octanol–water partition coefficient (Wildman–Crippen LogP) is 3.46. The molecule has 4 saturated carbocycles. The average Bonchev–Trinajstić information content (AvgIpc) is 2.66. The first-order chi connectivity index (χ1) is 13.5. The van der Waals surface area contributed by atoms with Gasteiger partial charge in [0.15, 0.2) is 6.61 Å². The summed E-state index contributed by atoms with van der Waals surface area (Å²) in [6.45, 7) is 0.136. The van der Waals surface area contributed by atoms with E-state index in [2.05, 4.69) is 16.7 Å². The zero-order valence-corrected chi connectivity index (χ0v) is 16.6. The second-order valence-electron chi connectivity index (χ2n) is 9.44. The van der Waals surface area contributed by atoms with Gasteiger partial charge < -0.3 is 10.1 Å². The van der Waals surface area contributed by atoms with Crippen LogP contribution < -0.4 is 10.6 Å². The zero-order valence-electron chi connectivity index (χ0n) is 16.6. The predicted molar refractivity (Wildman–Crippen MR) is 104 cm³/mol. The van der Waals surface area contributed by atoms with E-state index in [4.69, 9.17) is 4.74 Å². The molecule has 0 aromatic carbocycles. The highest BCUT2D eigenvalue weighted by Gasteiger charge is 2.55. The molecule has 0 heterocycles. The fourth-order valence-electron chi connectivity index (χ4n) is 6.32. The Kier molecular flexibility index (Phi) is 5.74. The number of allylic oxidation sites excluding steroid dienone is 1. The summed E-state index contributed by atoms with van der Waals surface area (Å²) in [6.07, 6.45) is 14.2. The van der Waals surface area contributed by atoms with Crippen LogP contribution in [0.4, 0.5) is 4.79 Å². The third kappa shape index (κ3) is 4.41. The van der Waals surface area contributed by atoms with Crippen LogP contribution in [0.5, 0.6) is 0 Å². The second kappa shape index (κ2) is 8.26. The lowest BCUT2D eigenvalue weighted by Crippen LogP contribution is -2.51. The van der Waals surface area contributed by atoms with Gasteiger partial charge in [0.1, 0.15) is 0 Å². The summed E-state index contributed by atoms with van der Waals surface area (Å²) >= 11 is 0. The lowest BCUT2D eigenvalue weighted by Gasteiger charge is -2.55. The minimum Gasteiger partial charge on any atom is -0.455 e. The van der Waals surface area contributed by atoms with Gasteiger partial charge in [-0.05, 0) is 88.4 Å². The van der Waals surface area contributed by atoms with Gasteiger partial charge in [0.25, 0.3) is 5.91 Å². The van der Waals surface area contributed by atoms with Crippen LogP contribution in [0.2, 0.25) is 0 Å². The summed E-state index contributed by atoms with van der Waals surface area (Å²) in [6, 6.07) is -0.521. The maximum absolute atomic E-state index is 12.7. The number of hydrogen-bond acceptors (Lipinski definition) is 4. The largest absolute Gasteiger partial charge is 0.455 e. The number of esters is 1. The van der Waals surface area contributed by atoms with Gasteiger partial charge in [0, 0.05) is 6.54 Å². The minimum atomic E-state index is -0.563. The maximum Gasteiger partial charge on any atom is 0.321 e. The van der Waals surface area contributed by atoms with Gasteiger partial charge in [-0.2, -0.15) is 0 Å². The molecule has 0 aromatic rings. The summed E-state index contributed by atoms with van der Waals surface area (Å²) < 4.78 is 5.35. The van der Waals surface area contributed by atoms with Crippen LogP contribution in [0.25, 0.3) is 0 Å². The van der Waals surface area contributed by atoms with E-state index in [0.29, 0.717) is 24.3 Å². The molecule has 0 spiro atoms. The summed E-state index contributed by atoms with van der Waals surface area (Å²) in [5.74, 6) is 1.16. The Hall–Kier alpha value is -1.85. The molecule has 2 N–H and O–H groups in total. The van der Waals surface area contributed by atoms with Crippen LogP contribution >= 0.6 is 0 Å². The molecular formula is C22H32N2O4. The molecule has 4 fully saturated rings. The van der Waals surface area contributed by atoms with Gasteiger partial charge in [-0.25, -0.2) is 4.79 Å². The summed E-state index contributed by atoms with van der Waals surface area (Å²) in [5.41, 5.74) is 1.01. The Labute approximate surface area is 166 Å². The molecule has 0 atom stereocenters. The number of rotatable bonds is 6. The third-order valence-electron chi connectivity index (χ3n) is 7.18. The standard InChI is InChI=1S/C22H32N2O4/c25-19(24-21(27)23-7-6-15-4-2-1-3-5-15)14-28-20(26)22-11-16-8-17(12-22)10-18(9-16)13-22/h4,16-18H,1-3,5-14H2,(H2,23,24,25,27). The molecule has 6 nitrogen and oxygen atoms in total. The molecule has 0 saturated heterocycles. The molecular weight excluding hydrogens is 356 g/mol. The van der Waals surface area contributed by atoms with Gasteiger partial charge in [-0.15, -0.1) is 0 Å². The zero-order chi connectivity index (χ0) is 19.6. The number of ether oxygens (including phenoxy) is 1. The first-order valence-electron chi connectivity index (χ1n) is 11.0. The molecule has 0 aromatic heterocycles. The Morgan fingerprint density at radius 1 is 1.04 bits per heavy atom. The number of nitrogens with one attached hydrogen (secondary N) is 2. The molecule has 5 aliphatic carbocycles. The smallest absolute Gasteiger partial charge is 0.321 e. The molecule has 0 unspecified atom stereocenters. The third-order valence-corrected chi connectivity index (χ3v) is 7.18. The van der Waals surface area contributed by atoms with E-state index < -0.39 is 11.9 Å². The normalized spacial score (nSPS) is 33.1. The Bertz CT molecular complexity index is 634. The fourth-order valence-corrected chi connectivity index (χ4v) is 6.32. The average molecular weight is 389 g/mol. The van der Waals surface area contributed by atoms with E-state index in [1.54, 1.807) is 0 Å². The van der Waals surface area contributed by atoms with Crippen LogP contribution in [-0.2, 0) is 14.3 Å². The number of carbonyl (C=O) groups is 3. The molecule has 4 bridgehead atoms. The van der Waals surface area contributed by atoms with E-state index in [9.17, 15) is 14.4 Å². The van der Waals surface area contributed by atoms with Crippen molar-refractivity contribution in [3.05, 3.63) is 11.6 Å². The van der Waals surface area contributed by atoms with E-state index >= 15 is 0 Å². The van der Waals surface area contributed by atoms with Crippen molar-refractivity contribution in [2.75, 3.05) is 13.2 Å². The van der Waals surface area contributed by atoms with Crippen molar-refractivity contribution in [3.63, 3.8) is 0 Å². The number of imide groups is 1. The Morgan fingerprint density at radius 2 is 1.71 bits per heavy atom. The van der Waals surface area contributed by atoms with Crippen molar-refractivity contribution in [3.8, 4) is 0 Å². The molecule has 6 heteroatoms. The minimum absolute atomic E-state index is 0.230. The molecule has 5 rings (SSSR count). The number of urea groups is 1. The fraction of sp³-hybridized carbons (Fsp3) is 0.773. The summed E-state index contributed by atoms with van der Waals surface area (Å²) in [7, 11) is 0. The molecule has 3 amide bonds. The van der Waals surface area contributed by atoms with E-state index in [1.807, 2.05) is 0 Å². The monoisotopic (exact) mass is 388 g/mol. The summed E-state index contributed by atoms with van der Waals surface area (Å²) in [5, 5.41) is 4.97. The molecule has 0 radical (unpaired) electrons. The van der Waals surface area contributed by atoms with Crippen molar-refractivity contribution in [1.29, 1.82) is 0 Å². The van der Waals surface area contributed by atoms with E-state index in [-0.39, 0.29) is 18.0 Å². The lowest BCUT2D eigenvalue weighted by atomic mass is 9.49. The Morgan fingerprint density at radius 3 is 2.32 bits per heavy atom. The van der Waals surface area contributed by atoms with Crippen molar-refractivity contribution in [2.24, 2.45) is 23.2 Å². The SMILES string of the molecule is O=C(COC(=O)C12CC3CC(CC(C3)C1)C2)NC(=O)NCCC1=CCCCC1.